The first-order chi connectivity index (χ1) is 11.0. The Morgan fingerprint density at radius 2 is 1.87 bits per heavy atom. The largest absolute Gasteiger partial charge is 0.484 e. The van der Waals surface area contributed by atoms with Crippen molar-refractivity contribution in [2.75, 3.05) is 26.0 Å². The van der Waals surface area contributed by atoms with Gasteiger partial charge in [-0.1, -0.05) is 0 Å². The molecule has 0 atom stereocenters. The number of amides is 2. The second kappa shape index (κ2) is 7.21. The quantitative estimate of drug-likeness (QED) is 0.835. The highest BCUT2D eigenvalue weighted by Crippen LogP contribution is 2.16. The zero-order valence-corrected chi connectivity index (χ0v) is 12.7. The highest BCUT2D eigenvalue weighted by Gasteiger charge is 2.08. The van der Waals surface area contributed by atoms with E-state index >= 15 is 0 Å². The lowest BCUT2D eigenvalue weighted by atomic mass is 10.3. The molecule has 1 heterocycles. The van der Waals surface area contributed by atoms with Crippen molar-refractivity contribution in [3.8, 4) is 5.75 Å². The van der Waals surface area contributed by atoms with Gasteiger partial charge in [0.15, 0.2) is 6.61 Å². The third-order valence-corrected chi connectivity index (χ3v) is 2.89. The molecule has 0 radical (unpaired) electrons. The lowest BCUT2D eigenvalue weighted by Crippen LogP contribution is -2.27. The van der Waals surface area contributed by atoms with E-state index in [-0.39, 0.29) is 23.8 Å². The molecule has 0 fully saturated rings. The number of aromatic nitrogens is 2. The van der Waals surface area contributed by atoms with Gasteiger partial charge in [0.25, 0.3) is 17.4 Å². The van der Waals surface area contributed by atoms with E-state index < -0.39 is 5.91 Å². The van der Waals surface area contributed by atoms with Crippen LogP contribution >= 0.6 is 0 Å². The van der Waals surface area contributed by atoms with Crippen molar-refractivity contribution in [1.82, 2.24) is 15.1 Å². The van der Waals surface area contributed by atoms with Crippen molar-refractivity contribution in [3.63, 3.8) is 0 Å². The number of nitrogens with zero attached hydrogens (tertiary/aromatic N) is 2. The van der Waals surface area contributed by atoms with Crippen molar-refractivity contribution in [1.29, 1.82) is 0 Å². The molecule has 1 aromatic carbocycles. The highest BCUT2D eigenvalue weighted by atomic mass is 16.5. The molecule has 8 heteroatoms. The fraction of sp³-hybridized carbons (Fsp3) is 0.200. The van der Waals surface area contributed by atoms with E-state index in [4.69, 9.17) is 4.74 Å². The minimum atomic E-state index is -0.447. The standard InChI is InChI=1S/C15H16N4O4/c1-19(2)14(21)9-23-11-5-3-10(4-6-11)16-15(22)12-7-8-13(20)18-17-12/h3-8H,9H2,1-2H3,(H,16,22)(H,18,20). The Hall–Kier alpha value is -3.16. The van der Waals surface area contributed by atoms with E-state index in [0.29, 0.717) is 11.4 Å². The number of likely N-dealkylation sites (N-methyl/N-ethyl adjacent to an activating group) is 1. The number of H-pyrrole nitrogens is 1. The van der Waals surface area contributed by atoms with Gasteiger partial charge in [-0.15, -0.1) is 0 Å². The van der Waals surface area contributed by atoms with Crippen molar-refractivity contribution in [3.05, 3.63) is 52.4 Å². The van der Waals surface area contributed by atoms with Crippen molar-refractivity contribution < 1.29 is 14.3 Å². The SMILES string of the molecule is CN(C)C(=O)COc1ccc(NC(=O)c2ccc(=O)[nH]n2)cc1. The second-order valence-electron chi connectivity index (χ2n) is 4.86. The van der Waals surface area contributed by atoms with Crippen molar-refractivity contribution >= 4 is 17.5 Å². The fourth-order valence-electron chi connectivity index (χ4n) is 1.57. The molecule has 2 rings (SSSR count). The molecule has 23 heavy (non-hydrogen) atoms. The van der Waals surface area contributed by atoms with E-state index in [9.17, 15) is 14.4 Å². The number of rotatable bonds is 5. The summed E-state index contributed by atoms with van der Waals surface area (Å²) in [5.74, 6) is -0.0791. The molecule has 0 unspecified atom stereocenters. The summed E-state index contributed by atoms with van der Waals surface area (Å²) >= 11 is 0. The third-order valence-electron chi connectivity index (χ3n) is 2.89. The number of carbonyl (C=O) groups excluding carboxylic acids is 2. The van der Waals surface area contributed by atoms with E-state index in [0.717, 1.165) is 0 Å². The Balaban J connectivity index is 1.94. The van der Waals surface area contributed by atoms with Gasteiger partial charge in [-0.2, -0.15) is 5.10 Å². The minimum absolute atomic E-state index is 0.0556. The number of aromatic amines is 1. The summed E-state index contributed by atoms with van der Waals surface area (Å²) in [5.41, 5.74) is 0.256. The topological polar surface area (TPSA) is 104 Å². The van der Waals surface area contributed by atoms with Gasteiger partial charge in [0.05, 0.1) is 0 Å². The summed E-state index contributed by atoms with van der Waals surface area (Å²) in [7, 11) is 3.30. The van der Waals surface area contributed by atoms with Crippen LogP contribution in [0.5, 0.6) is 5.75 Å². The van der Waals surface area contributed by atoms with E-state index in [1.807, 2.05) is 0 Å². The number of hydrogen-bond acceptors (Lipinski definition) is 5. The molecule has 2 amide bonds. The Kier molecular flexibility index (Phi) is 5.08. The van der Waals surface area contributed by atoms with Crippen LogP contribution in [-0.4, -0.2) is 47.6 Å². The summed E-state index contributed by atoms with van der Waals surface area (Å²) in [6, 6.07) is 9.11. The summed E-state index contributed by atoms with van der Waals surface area (Å²) in [6.07, 6.45) is 0. The van der Waals surface area contributed by atoms with Crippen LogP contribution in [0.15, 0.2) is 41.2 Å². The molecule has 8 nitrogen and oxygen atoms in total. The zero-order valence-electron chi connectivity index (χ0n) is 12.7. The molecule has 0 saturated carbocycles. The molecule has 0 aliphatic rings. The highest BCUT2D eigenvalue weighted by molar-refractivity contribution is 6.02. The van der Waals surface area contributed by atoms with E-state index in [1.165, 1.54) is 17.0 Å². The first-order valence-electron chi connectivity index (χ1n) is 6.76. The number of hydrogen-bond donors (Lipinski definition) is 2. The first-order valence-corrected chi connectivity index (χ1v) is 6.76. The average molecular weight is 316 g/mol. The summed E-state index contributed by atoms with van der Waals surface area (Å²) in [5, 5.41) is 8.46. The van der Waals surface area contributed by atoms with Gasteiger partial charge in [-0.25, -0.2) is 5.10 Å². The van der Waals surface area contributed by atoms with Crippen LogP contribution < -0.4 is 15.6 Å². The van der Waals surface area contributed by atoms with Crippen LogP contribution in [0.25, 0.3) is 0 Å². The van der Waals surface area contributed by atoms with Crippen molar-refractivity contribution in [2.45, 2.75) is 0 Å². The zero-order chi connectivity index (χ0) is 16.8. The van der Waals surface area contributed by atoms with Gasteiger partial charge in [0.2, 0.25) is 0 Å². The number of benzene rings is 1. The molecule has 1 aromatic heterocycles. The smallest absolute Gasteiger partial charge is 0.276 e. The molecular formula is C15H16N4O4. The summed E-state index contributed by atoms with van der Waals surface area (Å²) < 4.78 is 5.33. The average Bonchev–Trinajstić information content (AvgIpc) is 2.54. The normalized spacial score (nSPS) is 10.0. The molecule has 120 valence electrons. The van der Waals surface area contributed by atoms with Crippen LogP contribution in [0.1, 0.15) is 10.5 Å². The molecule has 2 N–H and O–H groups in total. The predicted molar refractivity (Wildman–Crippen MR) is 83.4 cm³/mol. The summed E-state index contributed by atoms with van der Waals surface area (Å²) in [4.78, 5) is 35.7. The van der Waals surface area contributed by atoms with Crippen LogP contribution in [0.4, 0.5) is 5.69 Å². The van der Waals surface area contributed by atoms with Crippen LogP contribution in [0.2, 0.25) is 0 Å². The first kappa shape index (κ1) is 16.2. The number of nitrogens with one attached hydrogen (secondary N) is 2. The number of ether oxygens (including phenoxy) is 1. The molecular weight excluding hydrogens is 300 g/mol. The van der Waals surface area contributed by atoms with Gasteiger partial charge < -0.3 is 15.0 Å². The molecule has 2 aromatic rings. The molecule has 0 bridgehead atoms. The molecule has 0 spiro atoms. The maximum absolute atomic E-state index is 11.9. The molecule has 0 aliphatic carbocycles. The van der Waals surface area contributed by atoms with E-state index in [2.05, 4.69) is 15.5 Å². The lowest BCUT2D eigenvalue weighted by Gasteiger charge is -2.11. The van der Waals surface area contributed by atoms with Gasteiger partial charge in [-0.3, -0.25) is 14.4 Å². The van der Waals surface area contributed by atoms with Crippen LogP contribution in [0, 0.1) is 0 Å². The predicted octanol–water partition coefficient (Wildman–Crippen LogP) is 0.489. The maximum atomic E-state index is 11.9. The Bertz CT molecular complexity index is 732. The molecule has 0 aliphatic heterocycles. The number of carbonyl (C=O) groups is 2. The van der Waals surface area contributed by atoms with Crippen LogP contribution in [-0.2, 0) is 4.79 Å². The fourth-order valence-corrected chi connectivity index (χ4v) is 1.57. The lowest BCUT2D eigenvalue weighted by molar-refractivity contribution is -0.130. The second-order valence-corrected chi connectivity index (χ2v) is 4.86. The van der Waals surface area contributed by atoms with Gasteiger partial charge >= 0.3 is 0 Å². The Morgan fingerprint density at radius 3 is 2.43 bits per heavy atom. The number of anilines is 1. The Morgan fingerprint density at radius 1 is 1.17 bits per heavy atom. The van der Waals surface area contributed by atoms with Gasteiger partial charge in [0, 0.05) is 25.8 Å². The summed E-state index contributed by atoms with van der Waals surface area (Å²) in [6.45, 7) is -0.0556. The van der Waals surface area contributed by atoms with Gasteiger partial charge in [0.1, 0.15) is 11.4 Å². The molecule has 0 saturated heterocycles. The Labute approximate surface area is 132 Å². The van der Waals surface area contributed by atoms with Crippen molar-refractivity contribution in [2.24, 2.45) is 0 Å². The van der Waals surface area contributed by atoms with E-state index in [1.54, 1.807) is 38.4 Å². The van der Waals surface area contributed by atoms with Crippen LogP contribution in [0.3, 0.4) is 0 Å². The monoisotopic (exact) mass is 316 g/mol. The minimum Gasteiger partial charge on any atom is -0.484 e. The van der Waals surface area contributed by atoms with Gasteiger partial charge in [-0.05, 0) is 30.3 Å². The third kappa shape index (κ3) is 4.67. The maximum Gasteiger partial charge on any atom is 0.276 e.